The summed E-state index contributed by atoms with van der Waals surface area (Å²) in [7, 11) is 0. The second-order valence-corrected chi connectivity index (χ2v) is 11.1. The van der Waals surface area contributed by atoms with Gasteiger partial charge in [0.15, 0.2) is 11.4 Å². The molecule has 0 unspecified atom stereocenters. The van der Waals surface area contributed by atoms with E-state index in [0.717, 1.165) is 33.4 Å². The fourth-order valence-corrected chi connectivity index (χ4v) is 5.39. The summed E-state index contributed by atoms with van der Waals surface area (Å²) in [4.78, 5) is 16.0. The van der Waals surface area contributed by atoms with Gasteiger partial charge in [0, 0.05) is 18.0 Å². The van der Waals surface area contributed by atoms with Crippen molar-refractivity contribution in [3.05, 3.63) is 124 Å². The quantitative estimate of drug-likeness (QED) is 0.181. The van der Waals surface area contributed by atoms with Crippen molar-refractivity contribution in [1.82, 2.24) is 14.9 Å². The number of aromatic nitrogens is 2. The maximum Gasteiger partial charge on any atom is 0.407 e. The van der Waals surface area contributed by atoms with Crippen LogP contribution in [0.15, 0.2) is 91.8 Å². The number of aliphatic hydroxyl groups is 1. The van der Waals surface area contributed by atoms with Crippen LogP contribution in [0.3, 0.4) is 0 Å². The smallest absolute Gasteiger partial charge is 0.407 e. The Labute approximate surface area is 260 Å². The summed E-state index contributed by atoms with van der Waals surface area (Å²) in [5, 5.41) is 12.9. The summed E-state index contributed by atoms with van der Waals surface area (Å²) in [6.07, 6.45) is 1.41. The maximum absolute atomic E-state index is 11.9. The topological polar surface area (TPSA) is 94.8 Å². The molecular formula is C33H33Cl2N3O5. The van der Waals surface area contributed by atoms with Crippen LogP contribution in [0.25, 0.3) is 11.1 Å². The molecule has 0 spiro atoms. The summed E-state index contributed by atoms with van der Waals surface area (Å²) in [5.41, 5.74) is 5.56. The van der Waals surface area contributed by atoms with Crippen molar-refractivity contribution in [3.8, 4) is 11.1 Å². The summed E-state index contributed by atoms with van der Waals surface area (Å²) in [6, 6.07) is 23.7. The van der Waals surface area contributed by atoms with E-state index >= 15 is 0 Å². The van der Waals surface area contributed by atoms with E-state index in [4.69, 9.17) is 37.4 Å². The molecule has 3 aromatic carbocycles. The Kier molecular flexibility index (Phi) is 10.2. The predicted molar refractivity (Wildman–Crippen MR) is 165 cm³/mol. The van der Waals surface area contributed by atoms with Gasteiger partial charge in [0.05, 0.1) is 31.7 Å². The molecule has 4 aromatic rings. The Balaban J connectivity index is 1.40. The number of amides is 1. The third-order valence-electron chi connectivity index (χ3n) is 7.42. The average Bonchev–Trinajstić information content (AvgIpc) is 3.36. The van der Waals surface area contributed by atoms with Crippen LogP contribution in [0, 0.1) is 5.92 Å². The molecule has 0 radical (unpaired) electrons. The number of aliphatic hydroxyl groups excluding tert-OH is 1. The molecule has 2 heterocycles. The van der Waals surface area contributed by atoms with Gasteiger partial charge in [-0.3, -0.25) is 0 Å². The third kappa shape index (κ3) is 7.47. The number of carbonyl (C=O) groups excluding carboxylic acids is 1. The van der Waals surface area contributed by atoms with Gasteiger partial charge < -0.3 is 29.2 Å². The number of nitrogens with one attached hydrogen (secondary N) is 1. The fraction of sp³-hybridized carbons (Fsp3) is 0.273. The molecule has 43 heavy (non-hydrogen) atoms. The molecule has 4 atom stereocenters. The molecule has 0 bridgehead atoms. The SMILES string of the molecule is C=CCOC(=O)NCc1cccc(-c2cccc([C@@H]3O[C@H](Cn4cnc(Cl)c4Cl)[C@H](C)[C@H](c4ccc(CO)cc4)O3)c2)c1. The van der Waals surface area contributed by atoms with Crippen molar-refractivity contribution in [2.75, 3.05) is 6.61 Å². The van der Waals surface area contributed by atoms with Gasteiger partial charge in [-0.1, -0.05) is 103 Å². The summed E-state index contributed by atoms with van der Waals surface area (Å²) < 4.78 is 20.0. The van der Waals surface area contributed by atoms with E-state index in [9.17, 15) is 9.90 Å². The molecule has 8 nitrogen and oxygen atoms in total. The molecule has 0 aliphatic carbocycles. The highest BCUT2D eigenvalue weighted by Crippen LogP contribution is 2.43. The highest BCUT2D eigenvalue weighted by molar-refractivity contribution is 6.40. The van der Waals surface area contributed by atoms with Gasteiger partial charge in [-0.05, 0) is 39.9 Å². The minimum absolute atomic E-state index is 0.0287. The first-order valence-corrected chi connectivity index (χ1v) is 14.7. The van der Waals surface area contributed by atoms with Crippen molar-refractivity contribution in [3.63, 3.8) is 0 Å². The van der Waals surface area contributed by atoms with Gasteiger partial charge in [-0.2, -0.15) is 0 Å². The predicted octanol–water partition coefficient (Wildman–Crippen LogP) is 7.25. The second-order valence-electron chi connectivity index (χ2n) is 10.4. The van der Waals surface area contributed by atoms with Crippen molar-refractivity contribution in [1.29, 1.82) is 0 Å². The van der Waals surface area contributed by atoms with Crippen LogP contribution in [-0.4, -0.2) is 33.5 Å². The van der Waals surface area contributed by atoms with Crippen LogP contribution in [0.2, 0.25) is 10.3 Å². The number of halogens is 2. The number of rotatable bonds is 10. The van der Waals surface area contributed by atoms with Gasteiger partial charge in [0.1, 0.15) is 11.8 Å². The molecule has 1 aliphatic rings. The molecular weight excluding hydrogens is 589 g/mol. The highest BCUT2D eigenvalue weighted by atomic mass is 35.5. The third-order valence-corrected chi connectivity index (χ3v) is 8.19. The Morgan fingerprint density at radius 2 is 1.79 bits per heavy atom. The van der Waals surface area contributed by atoms with E-state index in [2.05, 4.69) is 29.9 Å². The molecule has 224 valence electrons. The summed E-state index contributed by atoms with van der Waals surface area (Å²) in [6.45, 7) is 6.53. The van der Waals surface area contributed by atoms with E-state index < -0.39 is 12.4 Å². The lowest BCUT2D eigenvalue weighted by atomic mass is 9.90. The van der Waals surface area contributed by atoms with Crippen LogP contribution >= 0.6 is 23.2 Å². The van der Waals surface area contributed by atoms with E-state index in [-0.39, 0.29) is 36.5 Å². The molecule has 0 saturated carbocycles. The number of carbonyl (C=O) groups is 1. The monoisotopic (exact) mass is 621 g/mol. The lowest BCUT2D eigenvalue weighted by Crippen LogP contribution is -2.39. The van der Waals surface area contributed by atoms with E-state index in [1.54, 1.807) is 10.9 Å². The number of ether oxygens (including phenoxy) is 3. The first kappa shape index (κ1) is 30.8. The number of nitrogens with zero attached hydrogens (tertiary/aromatic N) is 2. The van der Waals surface area contributed by atoms with E-state index in [1.807, 2.05) is 66.7 Å². The van der Waals surface area contributed by atoms with Gasteiger partial charge in [-0.25, -0.2) is 9.78 Å². The van der Waals surface area contributed by atoms with Gasteiger partial charge in [0.25, 0.3) is 0 Å². The minimum atomic E-state index is -0.661. The van der Waals surface area contributed by atoms with Crippen LogP contribution in [0.5, 0.6) is 0 Å². The highest BCUT2D eigenvalue weighted by Gasteiger charge is 2.39. The number of hydrogen-bond acceptors (Lipinski definition) is 6. The number of benzene rings is 3. The van der Waals surface area contributed by atoms with Gasteiger partial charge >= 0.3 is 6.09 Å². The first-order chi connectivity index (χ1) is 20.9. The van der Waals surface area contributed by atoms with Crippen molar-refractivity contribution >= 4 is 29.3 Å². The number of alkyl carbamates (subject to hydrolysis) is 1. The molecule has 1 saturated heterocycles. The van der Waals surface area contributed by atoms with Crippen molar-refractivity contribution in [2.24, 2.45) is 5.92 Å². The molecule has 10 heteroatoms. The Hall–Kier alpha value is -3.66. The Morgan fingerprint density at radius 1 is 1.05 bits per heavy atom. The molecule has 1 fully saturated rings. The zero-order valence-corrected chi connectivity index (χ0v) is 25.2. The van der Waals surface area contributed by atoms with Crippen molar-refractivity contribution < 1.29 is 24.1 Å². The number of imidazole rings is 1. The molecule has 1 aromatic heterocycles. The fourth-order valence-electron chi connectivity index (χ4n) is 5.08. The Morgan fingerprint density at radius 3 is 2.49 bits per heavy atom. The lowest BCUT2D eigenvalue weighted by molar-refractivity contribution is -0.276. The zero-order valence-electron chi connectivity index (χ0n) is 23.7. The normalized spacial score (nSPS) is 20.0. The molecule has 5 rings (SSSR count). The summed E-state index contributed by atoms with van der Waals surface area (Å²) >= 11 is 12.5. The largest absolute Gasteiger partial charge is 0.445 e. The number of hydrogen-bond donors (Lipinski definition) is 2. The lowest BCUT2D eigenvalue weighted by Gasteiger charge is -2.41. The van der Waals surface area contributed by atoms with Crippen molar-refractivity contribution in [2.45, 2.75) is 45.1 Å². The van der Waals surface area contributed by atoms with E-state index in [1.165, 1.54) is 6.08 Å². The maximum atomic E-state index is 11.9. The minimum Gasteiger partial charge on any atom is -0.445 e. The zero-order chi connectivity index (χ0) is 30.3. The molecule has 1 aliphatic heterocycles. The Bertz CT molecular complexity index is 1560. The second kappa shape index (κ2) is 14.2. The van der Waals surface area contributed by atoms with Crippen LogP contribution in [-0.2, 0) is 33.9 Å². The van der Waals surface area contributed by atoms with Crippen LogP contribution in [0.1, 0.15) is 41.6 Å². The molecule has 2 N–H and O–H groups in total. The first-order valence-electron chi connectivity index (χ1n) is 13.9. The average molecular weight is 623 g/mol. The van der Waals surface area contributed by atoms with E-state index in [0.29, 0.717) is 18.2 Å². The molecule has 1 amide bonds. The van der Waals surface area contributed by atoms with Crippen LogP contribution < -0.4 is 5.32 Å². The summed E-state index contributed by atoms with van der Waals surface area (Å²) in [5.74, 6) is -0.0426. The van der Waals surface area contributed by atoms with Gasteiger partial charge in [0.2, 0.25) is 0 Å². The van der Waals surface area contributed by atoms with Gasteiger partial charge in [-0.15, -0.1) is 0 Å². The standard InChI is InChI=1S/C33H33Cl2N3O5/c1-3-14-41-33(40)36-17-23-6-4-7-25(15-23)26-8-5-9-27(16-26)32-42-28(18-38-20-37-30(34)31(38)35)21(2)29(43-32)24-12-10-22(19-39)11-13-24/h3-13,15-16,20-21,28-29,32,39H,1,14,17-19H2,2H3,(H,36,40)/t21-,28+,29+,32+/m0/s1. The van der Waals surface area contributed by atoms with Crippen LogP contribution in [0.4, 0.5) is 4.79 Å².